The van der Waals surface area contributed by atoms with Crippen molar-refractivity contribution in [3.63, 3.8) is 0 Å². The second-order valence-electron chi connectivity index (χ2n) is 5.75. The molecule has 1 saturated carbocycles. The Bertz CT molecular complexity index is 583. The molecule has 1 aromatic carbocycles. The van der Waals surface area contributed by atoms with Crippen LogP contribution in [-0.4, -0.2) is 23.7 Å². The number of halogens is 2. The smallest absolute Gasteiger partial charge is 0.321 e. The maximum Gasteiger partial charge on any atom is 0.321 e. The summed E-state index contributed by atoms with van der Waals surface area (Å²) in [5.74, 6) is -2.00. The zero-order valence-corrected chi connectivity index (χ0v) is 13.7. The van der Waals surface area contributed by atoms with Crippen molar-refractivity contribution in [1.82, 2.24) is 10.6 Å². The molecule has 7 heteroatoms. The highest BCUT2D eigenvalue weighted by atomic mass is 32.2. The van der Waals surface area contributed by atoms with Crippen LogP contribution >= 0.6 is 11.8 Å². The molecule has 1 aromatic rings. The van der Waals surface area contributed by atoms with Crippen LogP contribution in [0, 0.1) is 17.6 Å². The first-order valence-electron chi connectivity index (χ1n) is 7.64. The summed E-state index contributed by atoms with van der Waals surface area (Å²) in [7, 11) is 0. The van der Waals surface area contributed by atoms with Gasteiger partial charge in [0.25, 0.3) is 0 Å². The molecule has 2 atom stereocenters. The van der Waals surface area contributed by atoms with E-state index in [9.17, 15) is 18.4 Å². The van der Waals surface area contributed by atoms with Gasteiger partial charge >= 0.3 is 6.03 Å². The Balaban J connectivity index is 1.75. The fourth-order valence-corrected chi connectivity index (χ4v) is 3.33. The Morgan fingerprint density at radius 2 is 1.96 bits per heavy atom. The van der Waals surface area contributed by atoms with Crippen molar-refractivity contribution in [2.24, 2.45) is 5.92 Å². The van der Waals surface area contributed by atoms with Crippen LogP contribution in [0.15, 0.2) is 23.1 Å². The summed E-state index contributed by atoms with van der Waals surface area (Å²) < 4.78 is 25.9. The van der Waals surface area contributed by atoms with E-state index in [4.69, 9.17) is 0 Å². The molecular weight excluding hydrogens is 322 g/mol. The summed E-state index contributed by atoms with van der Waals surface area (Å²) >= 11 is 1.04. The zero-order chi connectivity index (χ0) is 16.8. The molecule has 0 aliphatic heterocycles. The molecule has 126 valence electrons. The van der Waals surface area contributed by atoms with Gasteiger partial charge in [0.1, 0.15) is 0 Å². The summed E-state index contributed by atoms with van der Waals surface area (Å²) in [6.45, 7) is 2.09. The van der Waals surface area contributed by atoms with Gasteiger partial charge in [-0.2, -0.15) is 0 Å². The first-order valence-corrected chi connectivity index (χ1v) is 8.62. The number of rotatable bonds is 4. The zero-order valence-electron chi connectivity index (χ0n) is 12.9. The summed E-state index contributed by atoms with van der Waals surface area (Å²) in [5.41, 5.74) is 0. The van der Waals surface area contributed by atoms with E-state index in [2.05, 4.69) is 17.6 Å². The third-order valence-electron chi connectivity index (χ3n) is 3.94. The average Bonchev–Trinajstić information content (AvgIpc) is 2.51. The predicted octanol–water partition coefficient (Wildman–Crippen LogP) is 3.46. The lowest BCUT2D eigenvalue weighted by Crippen LogP contribution is -2.48. The lowest BCUT2D eigenvalue weighted by Gasteiger charge is -2.29. The second kappa shape index (κ2) is 8.29. The first kappa shape index (κ1) is 17.7. The van der Waals surface area contributed by atoms with E-state index in [-0.39, 0.29) is 11.8 Å². The second-order valence-corrected chi connectivity index (χ2v) is 6.80. The molecule has 0 spiro atoms. The number of thioether (sulfide) groups is 1. The van der Waals surface area contributed by atoms with Gasteiger partial charge in [-0.3, -0.25) is 10.1 Å². The molecule has 1 aliphatic carbocycles. The summed E-state index contributed by atoms with van der Waals surface area (Å²) in [4.78, 5) is 24.0. The van der Waals surface area contributed by atoms with Crippen LogP contribution in [0.1, 0.15) is 32.6 Å². The first-order chi connectivity index (χ1) is 11.0. The van der Waals surface area contributed by atoms with Gasteiger partial charge in [-0.25, -0.2) is 13.6 Å². The van der Waals surface area contributed by atoms with Gasteiger partial charge in [-0.1, -0.05) is 19.8 Å². The van der Waals surface area contributed by atoms with Crippen LogP contribution in [0.3, 0.4) is 0 Å². The number of imide groups is 1. The van der Waals surface area contributed by atoms with Crippen molar-refractivity contribution in [2.45, 2.75) is 43.5 Å². The maximum atomic E-state index is 13.1. The molecule has 0 bridgehead atoms. The van der Waals surface area contributed by atoms with Crippen LogP contribution in [0.2, 0.25) is 0 Å². The summed E-state index contributed by atoms with van der Waals surface area (Å²) in [6, 6.07) is 3.01. The van der Waals surface area contributed by atoms with Crippen molar-refractivity contribution in [3.05, 3.63) is 29.8 Å². The van der Waals surface area contributed by atoms with Gasteiger partial charge in [0.15, 0.2) is 11.6 Å². The Kier molecular flexibility index (Phi) is 6.38. The number of carbonyl (C=O) groups excluding carboxylic acids is 2. The van der Waals surface area contributed by atoms with Crippen LogP contribution < -0.4 is 10.6 Å². The Morgan fingerprint density at radius 1 is 1.22 bits per heavy atom. The molecule has 0 heterocycles. The molecule has 1 aliphatic rings. The van der Waals surface area contributed by atoms with Crippen molar-refractivity contribution in [3.8, 4) is 0 Å². The molecule has 0 saturated heterocycles. The van der Waals surface area contributed by atoms with E-state index in [0.29, 0.717) is 10.8 Å². The van der Waals surface area contributed by atoms with E-state index in [0.717, 1.165) is 43.2 Å². The van der Waals surface area contributed by atoms with E-state index in [1.54, 1.807) is 0 Å². The van der Waals surface area contributed by atoms with Gasteiger partial charge in [0.2, 0.25) is 5.91 Å². The number of amides is 3. The Hall–Kier alpha value is -1.63. The number of hydrogen-bond donors (Lipinski definition) is 2. The minimum Gasteiger partial charge on any atom is -0.335 e. The number of nitrogens with one attached hydrogen (secondary N) is 2. The molecule has 0 aromatic heterocycles. The third kappa shape index (κ3) is 5.49. The van der Waals surface area contributed by atoms with Gasteiger partial charge in [0, 0.05) is 10.9 Å². The van der Waals surface area contributed by atoms with Gasteiger partial charge < -0.3 is 5.32 Å². The van der Waals surface area contributed by atoms with Crippen LogP contribution in [0.5, 0.6) is 0 Å². The van der Waals surface area contributed by atoms with Crippen LogP contribution in [0.4, 0.5) is 13.6 Å². The van der Waals surface area contributed by atoms with E-state index >= 15 is 0 Å². The van der Waals surface area contributed by atoms with Crippen molar-refractivity contribution in [2.75, 3.05) is 5.75 Å². The molecule has 2 rings (SSSR count). The SMILES string of the molecule is C[C@H]1CCCC[C@@H]1NC(=O)NC(=O)CSc1ccc(F)c(F)c1. The standard InChI is InChI=1S/C16H20F2N2O2S/c1-10-4-2-3-5-14(10)19-16(22)20-15(21)9-23-11-6-7-12(17)13(18)8-11/h6-8,10,14H,2-5,9H2,1H3,(H2,19,20,21,22)/t10-,14-/m0/s1. The van der Waals surface area contributed by atoms with E-state index < -0.39 is 23.6 Å². The van der Waals surface area contributed by atoms with Gasteiger partial charge in [0.05, 0.1) is 5.75 Å². The molecular formula is C16H20F2N2O2S. The van der Waals surface area contributed by atoms with Gasteiger partial charge in [-0.15, -0.1) is 11.8 Å². The lowest BCUT2D eigenvalue weighted by molar-refractivity contribution is -0.117. The predicted molar refractivity (Wildman–Crippen MR) is 85.2 cm³/mol. The minimum absolute atomic E-state index is 0.0429. The highest BCUT2D eigenvalue weighted by Crippen LogP contribution is 2.23. The number of urea groups is 1. The van der Waals surface area contributed by atoms with Gasteiger partial charge in [-0.05, 0) is 37.0 Å². The molecule has 3 amide bonds. The number of benzene rings is 1. The number of carbonyl (C=O) groups is 2. The number of hydrogen-bond acceptors (Lipinski definition) is 3. The monoisotopic (exact) mass is 342 g/mol. The van der Waals surface area contributed by atoms with Crippen molar-refractivity contribution < 1.29 is 18.4 Å². The molecule has 2 N–H and O–H groups in total. The fourth-order valence-electron chi connectivity index (χ4n) is 2.61. The topological polar surface area (TPSA) is 58.2 Å². The van der Waals surface area contributed by atoms with E-state index in [1.165, 1.54) is 12.5 Å². The molecule has 0 unspecified atom stereocenters. The van der Waals surface area contributed by atoms with E-state index in [1.807, 2.05) is 0 Å². The minimum atomic E-state index is -0.959. The highest BCUT2D eigenvalue weighted by molar-refractivity contribution is 8.00. The van der Waals surface area contributed by atoms with Crippen LogP contribution in [-0.2, 0) is 4.79 Å². The molecule has 4 nitrogen and oxygen atoms in total. The summed E-state index contributed by atoms with van der Waals surface area (Å²) in [6.07, 6.45) is 4.25. The van der Waals surface area contributed by atoms with Crippen molar-refractivity contribution >= 4 is 23.7 Å². The largest absolute Gasteiger partial charge is 0.335 e. The maximum absolute atomic E-state index is 13.1. The quantitative estimate of drug-likeness (QED) is 0.824. The molecule has 0 radical (unpaired) electrons. The average molecular weight is 342 g/mol. The molecule has 23 heavy (non-hydrogen) atoms. The Morgan fingerprint density at radius 3 is 2.65 bits per heavy atom. The Labute approximate surface area is 138 Å². The third-order valence-corrected chi connectivity index (χ3v) is 4.94. The highest BCUT2D eigenvalue weighted by Gasteiger charge is 2.23. The lowest BCUT2D eigenvalue weighted by atomic mass is 9.86. The molecule has 1 fully saturated rings. The fraction of sp³-hybridized carbons (Fsp3) is 0.500. The summed E-state index contributed by atoms with van der Waals surface area (Å²) in [5, 5.41) is 5.09. The van der Waals surface area contributed by atoms with Crippen molar-refractivity contribution in [1.29, 1.82) is 0 Å². The normalized spacial score (nSPS) is 20.8. The van der Waals surface area contributed by atoms with Crippen LogP contribution in [0.25, 0.3) is 0 Å².